The molecular weight excluding hydrogens is 380 g/mol. The number of anilines is 1. The lowest BCUT2D eigenvalue weighted by atomic mass is 10.2. The summed E-state index contributed by atoms with van der Waals surface area (Å²) in [7, 11) is 1.99. The van der Waals surface area contributed by atoms with Gasteiger partial charge in [0.2, 0.25) is 5.88 Å². The average Bonchev–Trinajstić information content (AvgIpc) is 2.99. The first-order chi connectivity index (χ1) is 12.1. The third-order valence-electron chi connectivity index (χ3n) is 4.20. The van der Waals surface area contributed by atoms with E-state index in [-0.39, 0.29) is 0 Å². The van der Waals surface area contributed by atoms with Gasteiger partial charge in [-0.25, -0.2) is 9.97 Å². The van der Waals surface area contributed by atoms with Gasteiger partial charge in [0.15, 0.2) is 0 Å². The van der Waals surface area contributed by atoms with Crippen molar-refractivity contribution < 1.29 is 4.74 Å². The summed E-state index contributed by atoms with van der Waals surface area (Å²) in [5.41, 5.74) is 3.90. The van der Waals surface area contributed by atoms with Crippen molar-refractivity contribution in [2.75, 3.05) is 11.5 Å². The van der Waals surface area contributed by atoms with E-state index in [4.69, 9.17) is 4.74 Å². The van der Waals surface area contributed by atoms with Gasteiger partial charge in [-0.1, -0.05) is 6.58 Å². The van der Waals surface area contributed by atoms with Gasteiger partial charge in [0.25, 0.3) is 0 Å². The summed E-state index contributed by atoms with van der Waals surface area (Å²) in [6.07, 6.45) is 3.86. The van der Waals surface area contributed by atoms with Crippen molar-refractivity contribution in [2.45, 2.75) is 6.92 Å². The van der Waals surface area contributed by atoms with Gasteiger partial charge in [-0.05, 0) is 47.1 Å². The molecule has 0 atom stereocenters. The highest BCUT2D eigenvalue weighted by Crippen LogP contribution is 2.30. The second-order valence-electron chi connectivity index (χ2n) is 5.81. The van der Waals surface area contributed by atoms with Crippen LogP contribution in [0.5, 0.6) is 5.88 Å². The molecule has 2 aromatic heterocycles. The Bertz CT molecular complexity index is 1120. The fourth-order valence-electron chi connectivity index (χ4n) is 2.91. The molecule has 0 saturated carbocycles. The van der Waals surface area contributed by atoms with E-state index in [2.05, 4.69) is 43.4 Å². The zero-order valence-electron chi connectivity index (χ0n) is 14.0. The Hall–Kier alpha value is -2.60. The van der Waals surface area contributed by atoms with Crippen molar-refractivity contribution in [3.8, 4) is 5.88 Å². The zero-order valence-corrected chi connectivity index (χ0v) is 15.6. The molecule has 1 aromatic carbocycles. The molecule has 1 aliphatic rings. The molecule has 1 aliphatic heterocycles. The second-order valence-corrected chi connectivity index (χ2v) is 6.60. The van der Waals surface area contributed by atoms with Crippen molar-refractivity contribution >= 4 is 43.3 Å². The van der Waals surface area contributed by atoms with E-state index in [1.165, 1.54) is 0 Å². The van der Waals surface area contributed by atoms with Crippen LogP contribution in [0.1, 0.15) is 6.92 Å². The van der Waals surface area contributed by atoms with E-state index in [9.17, 15) is 0 Å². The first-order valence-corrected chi connectivity index (χ1v) is 8.79. The number of halogens is 1. The van der Waals surface area contributed by atoms with E-state index in [0.29, 0.717) is 12.5 Å². The fourth-order valence-corrected chi connectivity index (χ4v) is 3.42. The summed E-state index contributed by atoms with van der Waals surface area (Å²) in [6.45, 7) is 6.76. The molecule has 5 nitrogen and oxygen atoms in total. The number of fused-ring (bicyclic) bond motifs is 2. The van der Waals surface area contributed by atoms with Crippen LogP contribution in [0.4, 0.5) is 5.69 Å². The summed E-state index contributed by atoms with van der Waals surface area (Å²) in [4.78, 5) is 11.0. The minimum absolute atomic E-state index is 0.588. The first-order valence-electron chi connectivity index (χ1n) is 7.99. The van der Waals surface area contributed by atoms with Gasteiger partial charge >= 0.3 is 0 Å². The predicted molar refractivity (Wildman–Crippen MR) is 104 cm³/mol. The Morgan fingerprint density at radius 3 is 2.88 bits per heavy atom. The van der Waals surface area contributed by atoms with Crippen molar-refractivity contribution in [2.24, 2.45) is 7.05 Å². The summed E-state index contributed by atoms with van der Waals surface area (Å²) in [6, 6.07) is 10.1. The molecule has 6 heteroatoms. The SMILES string of the molecule is C=C1C(Br)=c2nc(OCC)ccc2=CN1c1ccc2ncn(C)c2c1. The third-order valence-corrected chi connectivity index (χ3v) is 5.03. The Balaban J connectivity index is 1.86. The van der Waals surface area contributed by atoms with Crippen LogP contribution >= 0.6 is 15.9 Å². The van der Waals surface area contributed by atoms with E-state index in [1.54, 1.807) is 0 Å². The van der Waals surface area contributed by atoms with E-state index < -0.39 is 0 Å². The molecule has 3 aromatic rings. The van der Waals surface area contributed by atoms with Gasteiger partial charge < -0.3 is 14.2 Å². The van der Waals surface area contributed by atoms with Crippen LogP contribution < -0.4 is 20.2 Å². The number of hydrogen-bond acceptors (Lipinski definition) is 4. The molecule has 0 N–H and O–H groups in total. The third kappa shape index (κ3) is 2.62. The van der Waals surface area contributed by atoms with Crippen LogP contribution in [0.25, 0.3) is 21.7 Å². The molecule has 0 spiro atoms. The molecule has 0 radical (unpaired) electrons. The first kappa shape index (κ1) is 15.9. The van der Waals surface area contributed by atoms with Crippen molar-refractivity contribution in [1.82, 2.24) is 14.5 Å². The molecule has 0 bridgehead atoms. The Morgan fingerprint density at radius 1 is 1.24 bits per heavy atom. The highest BCUT2D eigenvalue weighted by molar-refractivity contribution is 9.15. The molecule has 0 aliphatic carbocycles. The van der Waals surface area contributed by atoms with Crippen LogP contribution in [0, 0.1) is 0 Å². The number of imidazole rings is 1. The number of allylic oxidation sites excluding steroid dienone is 1. The lowest BCUT2D eigenvalue weighted by molar-refractivity contribution is 0.326. The average molecular weight is 397 g/mol. The van der Waals surface area contributed by atoms with Crippen molar-refractivity contribution in [3.05, 3.63) is 59.5 Å². The second kappa shape index (κ2) is 6.04. The molecular formula is C19H17BrN4O. The molecule has 25 heavy (non-hydrogen) atoms. The molecule has 0 fully saturated rings. The van der Waals surface area contributed by atoms with Crippen molar-refractivity contribution in [3.63, 3.8) is 0 Å². The summed E-state index contributed by atoms with van der Waals surface area (Å²) < 4.78 is 8.37. The topological polar surface area (TPSA) is 43.2 Å². The number of nitrogens with zero attached hydrogens (tertiary/aromatic N) is 4. The largest absolute Gasteiger partial charge is 0.478 e. The monoisotopic (exact) mass is 396 g/mol. The summed E-state index contributed by atoms with van der Waals surface area (Å²) in [5.74, 6) is 0.615. The van der Waals surface area contributed by atoms with Crippen LogP contribution in [-0.2, 0) is 7.05 Å². The molecule has 0 saturated heterocycles. The highest BCUT2D eigenvalue weighted by atomic mass is 79.9. The van der Waals surface area contributed by atoms with Gasteiger partial charge in [0.05, 0.1) is 39.5 Å². The maximum Gasteiger partial charge on any atom is 0.213 e. The van der Waals surface area contributed by atoms with Crippen LogP contribution in [0.2, 0.25) is 0 Å². The van der Waals surface area contributed by atoms with Gasteiger partial charge in [-0.2, -0.15) is 0 Å². The van der Waals surface area contributed by atoms with Crippen LogP contribution in [0.15, 0.2) is 48.9 Å². The van der Waals surface area contributed by atoms with Gasteiger partial charge in [-0.15, -0.1) is 0 Å². The van der Waals surface area contributed by atoms with Crippen molar-refractivity contribution in [1.29, 1.82) is 0 Å². The normalized spacial score (nSPS) is 13.8. The van der Waals surface area contributed by atoms with E-state index in [1.807, 2.05) is 55.3 Å². The number of hydrogen-bond donors (Lipinski definition) is 0. The highest BCUT2D eigenvalue weighted by Gasteiger charge is 2.18. The smallest absolute Gasteiger partial charge is 0.213 e. The number of rotatable bonds is 3. The minimum Gasteiger partial charge on any atom is -0.478 e. The Labute approximate surface area is 153 Å². The molecule has 126 valence electrons. The Kier molecular flexibility index (Phi) is 3.84. The van der Waals surface area contributed by atoms with Gasteiger partial charge in [0, 0.05) is 30.2 Å². The minimum atomic E-state index is 0.588. The maximum atomic E-state index is 5.51. The Morgan fingerprint density at radius 2 is 2.08 bits per heavy atom. The van der Waals surface area contributed by atoms with Gasteiger partial charge in [-0.3, -0.25) is 0 Å². The molecule has 0 unspecified atom stereocenters. The summed E-state index contributed by atoms with van der Waals surface area (Å²) in [5, 5.41) is 1.85. The number of pyridine rings is 1. The van der Waals surface area contributed by atoms with E-state index >= 15 is 0 Å². The fraction of sp³-hybridized carbons (Fsp3) is 0.158. The number of aromatic nitrogens is 3. The van der Waals surface area contributed by atoms with E-state index in [0.717, 1.165) is 37.5 Å². The predicted octanol–water partition coefficient (Wildman–Crippen LogP) is 2.64. The molecule has 4 rings (SSSR count). The maximum absolute atomic E-state index is 5.51. The van der Waals surface area contributed by atoms with Crippen LogP contribution in [0.3, 0.4) is 0 Å². The number of ether oxygens (including phenoxy) is 1. The zero-order chi connectivity index (χ0) is 17.6. The number of aryl methyl sites for hydroxylation is 1. The standard InChI is InChI=1S/C19H17BrN4O/c1-4-25-17-8-5-13-10-24(12(2)18(20)19(13)22-17)14-6-7-15-16(9-14)23(3)11-21-15/h5-11H,2,4H2,1,3H3. The molecule has 0 amide bonds. The van der Waals surface area contributed by atoms with Gasteiger partial charge in [0.1, 0.15) is 0 Å². The molecule has 3 heterocycles. The van der Waals surface area contributed by atoms with Crippen LogP contribution in [-0.4, -0.2) is 21.1 Å². The quantitative estimate of drug-likeness (QED) is 0.682. The lowest BCUT2D eigenvalue weighted by Crippen LogP contribution is -2.38. The lowest BCUT2D eigenvalue weighted by Gasteiger charge is -2.25. The number of benzene rings is 1. The summed E-state index contributed by atoms with van der Waals surface area (Å²) >= 11 is 3.65.